The summed E-state index contributed by atoms with van der Waals surface area (Å²) in [5, 5.41) is 12.0. The van der Waals surface area contributed by atoms with E-state index in [4.69, 9.17) is 9.15 Å². The van der Waals surface area contributed by atoms with E-state index in [1.54, 1.807) is 4.90 Å². The predicted octanol–water partition coefficient (Wildman–Crippen LogP) is 2.20. The van der Waals surface area contributed by atoms with Crippen molar-refractivity contribution in [1.82, 2.24) is 9.88 Å². The van der Waals surface area contributed by atoms with Crippen LogP contribution in [0.2, 0.25) is 0 Å². The number of carboxylic acid groups (broad SMARTS) is 1. The Morgan fingerprint density at radius 3 is 2.92 bits per heavy atom. The van der Waals surface area contributed by atoms with Gasteiger partial charge in [-0.05, 0) is 25.5 Å². The van der Waals surface area contributed by atoms with E-state index >= 15 is 0 Å². The van der Waals surface area contributed by atoms with Crippen molar-refractivity contribution in [1.29, 1.82) is 0 Å². The number of aryl methyl sites for hydroxylation is 1. The van der Waals surface area contributed by atoms with Gasteiger partial charge in [-0.1, -0.05) is 0 Å². The predicted molar refractivity (Wildman–Crippen MR) is 91.4 cm³/mol. The molecule has 2 aromatic rings. The van der Waals surface area contributed by atoms with Gasteiger partial charge in [0, 0.05) is 25.6 Å². The van der Waals surface area contributed by atoms with Gasteiger partial charge in [-0.3, -0.25) is 9.59 Å². The maximum absolute atomic E-state index is 12.5. The molecular formula is C17H20N2O5S. The number of methoxy groups -OCH3 is 1. The first-order valence-corrected chi connectivity index (χ1v) is 8.83. The van der Waals surface area contributed by atoms with Crippen molar-refractivity contribution in [2.24, 2.45) is 5.41 Å². The van der Waals surface area contributed by atoms with Crippen LogP contribution in [-0.2, 0) is 20.7 Å². The highest BCUT2D eigenvalue weighted by molar-refractivity contribution is 7.13. The number of thiazole rings is 1. The molecule has 1 saturated heterocycles. The minimum absolute atomic E-state index is 0.102. The number of aromatic nitrogens is 1. The number of rotatable bonds is 6. The van der Waals surface area contributed by atoms with E-state index < -0.39 is 11.4 Å². The van der Waals surface area contributed by atoms with Crippen LogP contribution in [0.25, 0.3) is 10.8 Å². The SMILES string of the molecule is COCC1(C(=O)O)CCN(C(=O)Cc2csc(-c3ccc(C)o3)n2)C1. The van der Waals surface area contributed by atoms with Gasteiger partial charge in [-0.2, -0.15) is 0 Å². The quantitative estimate of drug-likeness (QED) is 0.845. The molecule has 8 heteroatoms. The number of hydrogen-bond donors (Lipinski definition) is 1. The molecule has 1 unspecified atom stereocenters. The van der Waals surface area contributed by atoms with Crippen molar-refractivity contribution in [3.05, 3.63) is 29.0 Å². The monoisotopic (exact) mass is 364 g/mol. The van der Waals surface area contributed by atoms with E-state index in [1.807, 2.05) is 24.4 Å². The molecule has 1 atom stereocenters. The average Bonchev–Trinajstić information content (AvgIpc) is 3.27. The van der Waals surface area contributed by atoms with Crippen LogP contribution in [0.4, 0.5) is 0 Å². The molecule has 2 aromatic heterocycles. The topological polar surface area (TPSA) is 92.9 Å². The number of hydrogen-bond acceptors (Lipinski definition) is 6. The van der Waals surface area contributed by atoms with E-state index in [0.717, 1.165) is 10.8 Å². The summed E-state index contributed by atoms with van der Waals surface area (Å²) in [6.07, 6.45) is 0.550. The van der Waals surface area contributed by atoms with Gasteiger partial charge in [-0.15, -0.1) is 11.3 Å². The van der Waals surface area contributed by atoms with E-state index in [9.17, 15) is 14.7 Å². The van der Waals surface area contributed by atoms with Crippen LogP contribution in [0, 0.1) is 12.3 Å². The van der Waals surface area contributed by atoms with Crippen molar-refractivity contribution in [3.8, 4) is 10.8 Å². The fourth-order valence-corrected chi connectivity index (χ4v) is 3.81. The minimum Gasteiger partial charge on any atom is -0.481 e. The van der Waals surface area contributed by atoms with Gasteiger partial charge in [0.25, 0.3) is 0 Å². The van der Waals surface area contributed by atoms with Crippen LogP contribution in [-0.4, -0.2) is 53.7 Å². The Hall–Kier alpha value is -2.19. The fraction of sp³-hybridized carbons (Fsp3) is 0.471. The summed E-state index contributed by atoms with van der Waals surface area (Å²) < 4.78 is 10.6. The van der Waals surface area contributed by atoms with Gasteiger partial charge in [0.15, 0.2) is 10.8 Å². The first-order valence-electron chi connectivity index (χ1n) is 7.95. The third-order valence-corrected chi connectivity index (χ3v) is 5.32. The summed E-state index contributed by atoms with van der Waals surface area (Å²) in [5.41, 5.74) is -0.345. The Balaban J connectivity index is 1.65. The van der Waals surface area contributed by atoms with Crippen molar-refractivity contribution in [2.45, 2.75) is 19.8 Å². The maximum Gasteiger partial charge on any atom is 0.313 e. The highest BCUT2D eigenvalue weighted by atomic mass is 32.1. The van der Waals surface area contributed by atoms with Gasteiger partial charge >= 0.3 is 5.97 Å². The molecule has 0 saturated carbocycles. The number of nitrogens with zero attached hydrogens (tertiary/aromatic N) is 2. The highest BCUT2D eigenvalue weighted by Crippen LogP contribution is 2.32. The lowest BCUT2D eigenvalue weighted by Crippen LogP contribution is -2.40. The zero-order valence-corrected chi connectivity index (χ0v) is 15.0. The molecule has 1 N–H and O–H groups in total. The Kier molecular flexibility index (Phi) is 4.91. The molecule has 134 valence electrons. The summed E-state index contributed by atoms with van der Waals surface area (Å²) in [6.45, 7) is 2.56. The van der Waals surface area contributed by atoms with E-state index in [-0.39, 0.29) is 25.5 Å². The van der Waals surface area contributed by atoms with Crippen LogP contribution in [0.3, 0.4) is 0 Å². The second-order valence-corrected chi connectivity index (χ2v) is 7.17. The smallest absolute Gasteiger partial charge is 0.313 e. The molecule has 1 aliphatic heterocycles. The van der Waals surface area contributed by atoms with Crippen molar-refractivity contribution >= 4 is 23.2 Å². The molecular weight excluding hydrogens is 344 g/mol. The van der Waals surface area contributed by atoms with Crippen molar-refractivity contribution < 1.29 is 23.8 Å². The molecule has 25 heavy (non-hydrogen) atoms. The van der Waals surface area contributed by atoms with Gasteiger partial charge in [-0.25, -0.2) is 4.98 Å². The van der Waals surface area contributed by atoms with Crippen LogP contribution in [0.15, 0.2) is 21.9 Å². The maximum atomic E-state index is 12.5. The number of carboxylic acids is 1. The summed E-state index contributed by atoms with van der Waals surface area (Å²) in [5.74, 6) is 0.455. The van der Waals surface area contributed by atoms with Crippen LogP contribution in [0.5, 0.6) is 0 Å². The molecule has 0 spiro atoms. The van der Waals surface area contributed by atoms with E-state index in [0.29, 0.717) is 24.4 Å². The molecule has 7 nitrogen and oxygen atoms in total. The molecule has 0 radical (unpaired) electrons. The zero-order valence-electron chi connectivity index (χ0n) is 14.2. The van der Waals surface area contributed by atoms with Gasteiger partial charge in [0.2, 0.25) is 5.91 Å². The summed E-state index contributed by atoms with van der Waals surface area (Å²) in [4.78, 5) is 30.1. The van der Waals surface area contributed by atoms with Crippen LogP contribution in [0.1, 0.15) is 17.9 Å². The van der Waals surface area contributed by atoms with E-state index in [1.165, 1.54) is 18.4 Å². The molecule has 3 rings (SSSR count). The van der Waals surface area contributed by atoms with Gasteiger partial charge in [0.05, 0.1) is 18.7 Å². The Bertz CT molecular complexity index is 784. The van der Waals surface area contributed by atoms with Crippen LogP contribution < -0.4 is 0 Å². The normalized spacial score (nSPS) is 20.2. The molecule has 0 bridgehead atoms. The van der Waals surface area contributed by atoms with E-state index in [2.05, 4.69) is 4.98 Å². The Labute approximate surface area is 149 Å². The van der Waals surface area contributed by atoms with Crippen molar-refractivity contribution in [2.75, 3.05) is 26.8 Å². The molecule has 1 amide bonds. The minimum atomic E-state index is -1.01. The Morgan fingerprint density at radius 2 is 2.28 bits per heavy atom. The fourth-order valence-electron chi connectivity index (χ4n) is 3.03. The third kappa shape index (κ3) is 3.59. The first-order chi connectivity index (χ1) is 11.9. The summed E-state index contributed by atoms with van der Waals surface area (Å²) in [6, 6.07) is 3.72. The highest BCUT2D eigenvalue weighted by Gasteiger charge is 2.46. The largest absolute Gasteiger partial charge is 0.481 e. The molecule has 0 aromatic carbocycles. The van der Waals surface area contributed by atoms with Crippen molar-refractivity contribution in [3.63, 3.8) is 0 Å². The third-order valence-electron chi connectivity index (χ3n) is 4.42. The second kappa shape index (κ2) is 6.97. The number of furan rings is 1. The first kappa shape index (κ1) is 17.6. The number of carbonyl (C=O) groups excluding carboxylic acids is 1. The molecule has 0 aliphatic carbocycles. The number of amides is 1. The molecule has 1 aliphatic rings. The lowest BCUT2D eigenvalue weighted by Gasteiger charge is -2.23. The standard InChI is InChI=1S/C17H20N2O5S/c1-11-3-4-13(24-11)15-18-12(8-25-15)7-14(20)19-6-5-17(9-19,10-23-2)16(21)22/h3-4,8H,5-7,9-10H2,1-2H3,(H,21,22). The Morgan fingerprint density at radius 1 is 1.48 bits per heavy atom. The number of aliphatic carboxylic acids is 1. The number of ether oxygens (including phenoxy) is 1. The van der Waals surface area contributed by atoms with Gasteiger partial charge < -0.3 is 19.2 Å². The second-order valence-electron chi connectivity index (χ2n) is 6.31. The summed E-state index contributed by atoms with van der Waals surface area (Å²) in [7, 11) is 1.47. The summed E-state index contributed by atoms with van der Waals surface area (Å²) >= 11 is 1.42. The number of likely N-dealkylation sites (tertiary alicyclic amines) is 1. The molecule has 3 heterocycles. The van der Waals surface area contributed by atoms with Gasteiger partial charge in [0.1, 0.15) is 11.2 Å². The van der Waals surface area contributed by atoms with Crippen LogP contribution >= 0.6 is 11.3 Å². The number of carbonyl (C=O) groups is 2. The lowest BCUT2D eigenvalue weighted by atomic mass is 9.88. The lowest BCUT2D eigenvalue weighted by molar-refractivity contribution is -0.151. The zero-order chi connectivity index (χ0) is 18.0. The average molecular weight is 364 g/mol. The molecule has 1 fully saturated rings.